The molecule has 1 aliphatic rings. The molecule has 0 radical (unpaired) electrons. The van der Waals surface area contributed by atoms with E-state index in [0.717, 1.165) is 36.3 Å². The zero-order chi connectivity index (χ0) is 13.8. The lowest BCUT2D eigenvalue weighted by atomic mass is 10.00. The molecular weight excluding hydrogens is 240 g/mol. The SMILES string of the molecule is Cc1ccc2c(c1N/N=C(\C#N)C(=N)N)NCCC2. The van der Waals surface area contributed by atoms with Crippen molar-refractivity contribution in [2.75, 3.05) is 17.3 Å². The van der Waals surface area contributed by atoms with Gasteiger partial charge in [-0.1, -0.05) is 12.1 Å². The minimum Gasteiger partial charge on any atom is -0.383 e. The van der Waals surface area contributed by atoms with Crippen LogP contribution in [0, 0.1) is 23.7 Å². The van der Waals surface area contributed by atoms with Crippen molar-refractivity contribution in [1.29, 1.82) is 10.7 Å². The van der Waals surface area contributed by atoms with Gasteiger partial charge in [0.1, 0.15) is 6.07 Å². The van der Waals surface area contributed by atoms with E-state index in [1.165, 1.54) is 5.56 Å². The third-order valence-electron chi connectivity index (χ3n) is 3.07. The average Bonchev–Trinajstić information content (AvgIpc) is 2.41. The summed E-state index contributed by atoms with van der Waals surface area (Å²) in [5.41, 5.74) is 12.1. The van der Waals surface area contributed by atoms with E-state index in [0.29, 0.717) is 0 Å². The minimum absolute atomic E-state index is 0.118. The van der Waals surface area contributed by atoms with E-state index in [2.05, 4.69) is 21.9 Å². The normalized spacial score (nSPS) is 14.0. The van der Waals surface area contributed by atoms with Gasteiger partial charge in [-0.05, 0) is 30.9 Å². The van der Waals surface area contributed by atoms with Crippen molar-refractivity contribution in [2.24, 2.45) is 10.8 Å². The zero-order valence-electron chi connectivity index (χ0n) is 10.7. The molecule has 0 atom stereocenters. The summed E-state index contributed by atoms with van der Waals surface area (Å²) in [6.07, 6.45) is 2.13. The summed E-state index contributed by atoms with van der Waals surface area (Å²) < 4.78 is 0. The standard InChI is InChI=1S/C13H16N6/c1-8-4-5-9-3-2-6-17-12(9)11(8)19-18-10(7-14)13(15)16/h4-5,17,19H,2-3,6H2,1H3,(H3,15,16)/b18-10+. The summed E-state index contributed by atoms with van der Waals surface area (Å²) in [6.45, 7) is 2.89. The smallest absolute Gasteiger partial charge is 0.201 e. The Morgan fingerprint density at radius 2 is 2.37 bits per heavy atom. The van der Waals surface area contributed by atoms with Crippen LogP contribution in [0.2, 0.25) is 0 Å². The molecule has 0 fully saturated rings. The number of nitrogens with zero attached hydrogens (tertiary/aromatic N) is 2. The number of aryl methyl sites for hydroxylation is 2. The monoisotopic (exact) mass is 256 g/mol. The van der Waals surface area contributed by atoms with Gasteiger partial charge in [-0.25, -0.2) is 0 Å². The van der Waals surface area contributed by atoms with Crippen LogP contribution >= 0.6 is 0 Å². The number of rotatable bonds is 3. The lowest BCUT2D eigenvalue weighted by molar-refractivity contribution is 0.830. The van der Waals surface area contributed by atoms with Crippen LogP contribution in [0.1, 0.15) is 17.5 Å². The Labute approximate surface area is 111 Å². The Balaban J connectivity index is 2.35. The molecular formula is C13H16N6. The summed E-state index contributed by atoms with van der Waals surface area (Å²) in [5.74, 6) is -0.342. The fourth-order valence-electron chi connectivity index (χ4n) is 2.05. The number of fused-ring (bicyclic) bond motifs is 1. The fraction of sp³-hybridized carbons (Fsp3) is 0.308. The molecule has 98 valence electrons. The first kappa shape index (κ1) is 12.9. The third-order valence-corrected chi connectivity index (χ3v) is 3.07. The van der Waals surface area contributed by atoms with E-state index in [1.807, 2.05) is 13.0 Å². The third kappa shape index (κ3) is 2.65. The lowest BCUT2D eigenvalue weighted by Crippen LogP contribution is -2.22. The molecule has 19 heavy (non-hydrogen) atoms. The van der Waals surface area contributed by atoms with Gasteiger partial charge in [0.15, 0.2) is 5.84 Å². The van der Waals surface area contributed by atoms with Gasteiger partial charge >= 0.3 is 0 Å². The molecule has 6 heteroatoms. The maximum absolute atomic E-state index is 8.82. The first-order valence-corrected chi connectivity index (χ1v) is 6.08. The maximum atomic E-state index is 8.82. The van der Waals surface area contributed by atoms with Crippen molar-refractivity contribution in [3.8, 4) is 6.07 Å². The Kier molecular flexibility index (Phi) is 3.66. The van der Waals surface area contributed by atoms with Gasteiger partial charge in [0.25, 0.3) is 0 Å². The summed E-state index contributed by atoms with van der Waals surface area (Å²) in [4.78, 5) is 0. The highest BCUT2D eigenvalue weighted by Gasteiger charge is 2.14. The highest BCUT2D eigenvalue weighted by Crippen LogP contribution is 2.33. The molecule has 0 saturated carbocycles. The Morgan fingerprint density at radius 1 is 1.58 bits per heavy atom. The molecule has 0 amide bonds. The number of nitrogens with one attached hydrogen (secondary N) is 3. The second-order valence-corrected chi connectivity index (χ2v) is 4.42. The van der Waals surface area contributed by atoms with E-state index < -0.39 is 0 Å². The Morgan fingerprint density at radius 3 is 3.05 bits per heavy atom. The fourth-order valence-corrected chi connectivity index (χ4v) is 2.05. The van der Waals surface area contributed by atoms with E-state index in [4.69, 9.17) is 16.4 Å². The molecule has 0 bridgehead atoms. The van der Waals surface area contributed by atoms with Crippen molar-refractivity contribution in [1.82, 2.24) is 0 Å². The van der Waals surface area contributed by atoms with E-state index in [-0.39, 0.29) is 11.5 Å². The van der Waals surface area contributed by atoms with Gasteiger partial charge in [0, 0.05) is 6.54 Å². The van der Waals surface area contributed by atoms with Gasteiger partial charge in [-0.15, -0.1) is 0 Å². The number of hydrogen-bond acceptors (Lipinski definition) is 5. The molecule has 1 aromatic rings. The van der Waals surface area contributed by atoms with Gasteiger partial charge < -0.3 is 11.1 Å². The Bertz CT molecular complexity index is 582. The first-order chi connectivity index (χ1) is 9.13. The van der Waals surface area contributed by atoms with Crippen molar-refractivity contribution in [3.63, 3.8) is 0 Å². The molecule has 5 N–H and O–H groups in total. The molecule has 0 spiro atoms. The quantitative estimate of drug-likeness (QED) is 0.374. The summed E-state index contributed by atoms with van der Waals surface area (Å²) in [6, 6.07) is 5.91. The van der Waals surface area contributed by atoms with Crippen LogP contribution in [-0.4, -0.2) is 18.1 Å². The van der Waals surface area contributed by atoms with Crippen LogP contribution in [-0.2, 0) is 6.42 Å². The summed E-state index contributed by atoms with van der Waals surface area (Å²) >= 11 is 0. The molecule has 0 unspecified atom stereocenters. The highest BCUT2D eigenvalue weighted by molar-refractivity contribution is 6.45. The number of amidine groups is 1. The number of nitrogens with two attached hydrogens (primary N) is 1. The van der Waals surface area contributed by atoms with Gasteiger partial charge in [0.2, 0.25) is 5.71 Å². The van der Waals surface area contributed by atoms with Gasteiger partial charge in [-0.2, -0.15) is 10.4 Å². The van der Waals surface area contributed by atoms with E-state index in [1.54, 1.807) is 6.07 Å². The van der Waals surface area contributed by atoms with Crippen LogP contribution in [0.25, 0.3) is 0 Å². The van der Waals surface area contributed by atoms with Gasteiger partial charge in [0.05, 0.1) is 11.4 Å². The maximum Gasteiger partial charge on any atom is 0.201 e. The van der Waals surface area contributed by atoms with Gasteiger partial charge in [-0.3, -0.25) is 10.8 Å². The van der Waals surface area contributed by atoms with Crippen LogP contribution < -0.4 is 16.5 Å². The molecule has 2 rings (SSSR count). The van der Waals surface area contributed by atoms with Crippen LogP contribution in [0.15, 0.2) is 17.2 Å². The molecule has 1 heterocycles. The zero-order valence-corrected chi connectivity index (χ0v) is 10.7. The van der Waals surface area contributed by atoms with E-state index >= 15 is 0 Å². The van der Waals surface area contributed by atoms with Crippen LogP contribution in [0.3, 0.4) is 0 Å². The molecule has 6 nitrogen and oxygen atoms in total. The molecule has 0 saturated heterocycles. The highest BCUT2D eigenvalue weighted by atomic mass is 15.3. The minimum atomic E-state index is -0.342. The lowest BCUT2D eigenvalue weighted by Gasteiger charge is -2.22. The second kappa shape index (κ2) is 5.40. The van der Waals surface area contributed by atoms with Crippen molar-refractivity contribution < 1.29 is 0 Å². The van der Waals surface area contributed by atoms with Crippen LogP contribution in [0.4, 0.5) is 11.4 Å². The largest absolute Gasteiger partial charge is 0.383 e. The van der Waals surface area contributed by atoms with Crippen LogP contribution in [0.5, 0.6) is 0 Å². The molecule has 1 aliphatic heterocycles. The predicted molar refractivity (Wildman–Crippen MR) is 76.6 cm³/mol. The molecule has 0 aliphatic carbocycles. The Hall–Kier alpha value is -2.55. The second-order valence-electron chi connectivity index (χ2n) is 4.42. The van der Waals surface area contributed by atoms with Crippen molar-refractivity contribution in [3.05, 3.63) is 23.3 Å². The average molecular weight is 256 g/mol. The number of anilines is 2. The summed E-state index contributed by atoms with van der Waals surface area (Å²) in [5, 5.41) is 23.3. The predicted octanol–water partition coefficient (Wildman–Crippen LogP) is 1.58. The molecule has 1 aromatic carbocycles. The summed E-state index contributed by atoms with van der Waals surface area (Å²) in [7, 11) is 0. The topological polar surface area (TPSA) is 110 Å². The molecule has 0 aromatic heterocycles. The number of benzene rings is 1. The van der Waals surface area contributed by atoms with Crippen molar-refractivity contribution >= 4 is 22.9 Å². The van der Waals surface area contributed by atoms with E-state index in [9.17, 15) is 0 Å². The number of nitriles is 1. The number of hydrogen-bond donors (Lipinski definition) is 4. The number of hydrazone groups is 1. The van der Waals surface area contributed by atoms with Crippen molar-refractivity contribution in [2.45, 2.75) is 19.8 Å². The first-order valence-electron chi connectivity index (χ1n) is 6.08.